The molecule has 0 saturated carbocycles. The Morgan fingerprint density at radius 3 is 2.62 bits per heavy atom. The van der Waals surface area contributed by atoms with Gasteiger partial charge >= 0.3 is 12.0 Å². The van der Waals surface area contributed by atoms with Crippen molar-refractivity contribution in [1.82, 2.24) is 10.6 Å². The maximum Gasteiger partial charge on any atom is 0.341 e. The van der Waals surface area contributed by atoms with Crippen LogP contribution in [0.25, 0.3) is 10.4 Å². The SMILES string of the molecule is CN(C)c1cccc(-c2sc3c(c2CNC(=O)Nc2sc4c(c2C(=O)OC(C)(C)C)CCCC4)CCNC3)c1. The highest BCUT2D eigenvalue weighted by molar-refractivity contribution is 7.17. The molecule has 7 nitrogen and oxygen atoms in total. The van der Waals surface area contributed by atoms with Gasteiger partial charge in [0.2, 0.25) is 0 Å². The fraction of sp³-hybridized carbons (Fsp3) is 0.467. The van der Waals surface area contributed by atoms with E-state index in [0.717, 1.165) is 62.0 Å². The van der Waals surface area contributed by atoms with Crippen LogP contribution in [0.5, 0.6) is 0 Å². The van der Waals surface area contributed by atoms with Crippen LogP contribution >= 0.6 is 22.7 Å². The van der Waals surface area contributed by atoms with Crippen LogP contribution in [0.2, 0.25) is 0 Å². The lowest BCUT2D eigenvalue weighted by Crippen LogP contribution is -2.30. The Morgan fingerprint density at radius 2 is 1.85 bits per heavy atom. The van der Waals surface area contributed by atoms with E-state index >= 15 is 0 Å². The summed E-state index contributed by atoms with van der Waals surface area (Å²) < 4.78 is 5.73. The number of aryl methyl sites for hydroxylation is 1. The topological polar surface area (TPSA) is 82.7 Å². The number of nitrogens with zero attached hydrogens (tertiary/aromatic N) is 1. The first-order valence-corrected chi connectivity index (χ1v) is 15.3. The van der Waals surface area contributed by atoms with E-state index in [1.54, 1.807) is 0 Å². The number of urea groups is 1. The molecule has 2 aliphatic rings. The van der Waals surface area contributed by atoms with Gasteiger partial charge < -0.3 is 20.3 Å². The molecule has 0 saturated heterocycles. The smallest absolute Gasteiger partial charge is 0.341 e. The normalized spacial score (nSPS) is 14.8. The van der Waals surface area contributed by atoms with Gasteiger partial charge in [0.1, 0.15) is 10.6 Å². The summed E-state index contributed by atoms with van der Waals surface area (Å²) in [5, 5.41) is 10.2. The molecule has 3 heterocycles. The third-order valence-corrected chi connectivity index (χ3v) is 9.62. The predicted molar refractivity (Wildman–Crippen MR) is 161 cm³/mol. The Balaban J connectivity index is 1.39. The second-order valence-corrected chi connectivity index (χ2v) is 13.6. The molecule has 9 heteroatoms. The lowest BCUT2D eigenvalue weighted by atomic mass is 9.95. The number of benzene rings is 1. The zero-order chi connectivity index (χ0) is 27.7. The molecule has 0 fully saturated rings. The van der Waals surface area contributed by atoms with Gasteiger partial charge in [0.15, 0.2) is 0 Å². The number of nitrogens with one attached hydrogen (secondary N) is 3. The molecule has 0 radical (unpaired) electrons. The molecular weight excluding hydrogens is 528 g/mol. The highest BCUT2D eigenvalue weighted by Gasteiger charge is 2.30. The fourth-order valence-electron chi connectivity index (χ4n) is 5.26. The lowest BCUT2D eigenvalue weighted by Gasteiger charge is -2.21. The zero-order valence-electron chi connectivity index (χ0n) is 23.5. The molecule has 1 aromatic carbocycles. The minimum atomic E-state index is -0.604. The summed E-state index contributed by atoms with van der Waals surface area (Å²) in [6.07, 6.45) is 4.86. The molecule has 0 atom stereocenters. The largest absolute Gasteiger partial charge is 0.456 e. The highest BCUT2D eigenvalue weighted by Crippen LogP contribution is 2.41. The molecule has 0 bridgehead atoms. The van der Waals surface area contributed by atoms with Gasteiger partial charge in [-0.05, 0) is 93.8 Å². The van der Waals surface area contributed by atoms with Gasteiger partial charge in [-0.3, -0.25) is 5.32 Å². The number of carbonyl (C=O) groups is 2. The highest BCUT2D eigenvalue weighted by atomic mass is 32.1. The van der Waals surface area contributed by atoms with Crippen molar-refractivity contribution in [3.8, 4) is 10.4 Å². The zero-order valence-corrected chi connectivity index (χ0v) is 25.1. The Labute approximate surface area is 238 Å². The molecule has 5 rings (SSSR count). The third kappa shape index (κ3) is 6.15. The number of esters is 1. The van der Waals surface area contributed by atoms with E-state index < -0.39 is 5.60 Å². The van der Waals surface area contributed by atoms with Crippen molar-refractivity contribution in [1.29, 1.82) is 0 Å². The van der Waals surface area contributed by atoms with Crippen molar-refractivity contribution < 1.29 is 14.3 Å². The molecular formula is C30H38N4O3S2. The molecule has 1 aliphatic heterocycles. The summed E-state index contributed by atoms with van der Waals surface area (Å²) in [4.78, 5) is 32.3. The maximum atomic E-state index is 13.3. The fourth-order valence-corrected chi connectivity index (χ4v) is 7.87. The second kappa shape index (κ2) is 11.3. The van der Waals surface area contributed by atoms with Crippen molar-refractivity contribution in [2.45, 2.75) is 71.6 Å². The standard InChI is InChI=1S/C30H38N4O3S2/c1-30(2,3)37-28(35)25-21-11-6-7-12-23(21)39-27(25)33-29(36)32-16-22-20-13-14-31-17-24(20)38-26(22)18-9-8-10-19(15-18)34(4)5/h8-10,15,31H,6-7,11-14,16-17H2,1-5H3,(H2,32,33,36). The van der Waals surface area contributed by atoms with Crippen molar-refractivity contribution >= 4 is 45.4 Å². The van der Waals surface area contributed by atoms with Gasteiger partial charge in [0.05, 0.1) is 5.56 Å². The molecule has 208 valence electrons. The van der Waals surface area contributed by atoms with Crippen LogP contribution in [0.4, 0.5) is 15.5 Å². The number of ether oxygens (including phenoxy) is 1. The molecule has 3 aromatic rings. The van der Waals surface area contributed by atoms with Gasteiger partial charge in [0.25, 0.3) is 0 Å². The Morgan fingerprint density at radius 1 is 1.05 bits per heavy atom. The minimum absolute atomic E-state index is 0.305. The van der Waals surface area contributed by atoms with Crippen LogP contribution in [0.15, 0.2) is 24.3 Å². The van der Waals surface area contributed by atoms with E-state index in [0.29, 0.717) is 17.1 Å². The van der Waals surface area contributed by atoms with Crippen LogP contribution < -0.4 is 20.9 Å². The molecule has 0 unspecified atom stereocenters. The number of thiophene rings is 2. The lowest BCUT2D eigenvalue weighted by molar-refractivity contribution is 0.00699. The summed E-state index contributed by atoms with van der Waals surface area (Å²) in [6, 6.07) is 8.23. The molecule has 3 N–H and O–H groups in total. The van der Waals surface area contributed by atoms with Gasteiger partial charge in [0, 0.05) is 47.5 Å². The van der Waals surface area contributed by atoms with E-state index in [9.17, 15) is 9.59 Å². The molecule has 2 amide bonds. The Kier molecular flexibility index (Phi) is 8.03. The number of rotatable bonds is 6. The Bertz CT molecular complexity index is 1380. The van der Waals surface area contributed by atoms with Crippen LogP contribution in [-0.2, 0) is 37.1 Å². The molecule has 1 aliphatic carbocycles. The van der Waals surface area contributed by atoms with Gasteiger partial charge in [-0.1, -0.05) is 12.1 Å². The van der Waals surface area contributed by atoms with E-state index in [1.807, 2.05) is 46.2 Å². The molecule has 0 spiro atoms. The monoisotopic (exact) mass is 566 g/mol. The first-order valence-electron chi connectivity index (χ1n) is 13.7. The third-order valence-electron chi connectivity index (χ3n) is 7.09. The van der Waals surface area contributed by atoms with Crippen LogP contribution in [-0.4, -0.2) is 38.2 Å². The number of hydrogen-bond acceptors (Lipinski definition) is 7. The first kappa shape index (κ1) is 27.7. The van der Waals surface area contributed by atoms with Crippen molar-refractivity contribution in [2.24, 2.45) is 0 Å². The van der Waals surface area contributed by atoms with Gasteiger partial charge in [-0.25, -0.2) is 9.59 Å². The van der Waals surface area contributed by atoms with Crippen molar-refractivity contribution in [3.05, 3.63) is 56.3 Å². The quantitative estimate of drug-likeness (QED) is 0.303. The van der Waals surface area contributed by atoms with E-state index in [-0.39, 0.29) is 12.0 Å². The first-order chi connectivity index (χ1) is 18.6. The summed E-state index contributed by atoms with van der Waals surface area (Å²) in [6.45, 7) is 7.81. The average Bonchev–Trinajstić information content (AvgIpc) is 3.44. The molecule has 39 heavy (non-hydrogen) atoms. The summed E-state index contributed by atoms with van der Waals surface area (Å²) >= 11 is 3.32. The van der Waals surface area contributed by atoms with E-state index in [4.69, 9.17) is 4.74 Å². The van der Waals surface area contributed by atoms with Crippen molar-refractivity contribution in [2.75, 3.05) is 30.9 Å². The van der Waals surface area contributed by atoms with Gasteiger partial charge in [-0.15, -0.1) is 22.7 Å². The summed E-state index contributed by atoms with van der Waals surface area (Å²) in [7, 11) is 4.09. The predicted octanol–water partition coefficient (Wildman–Crippen LogP) is 6.34. The number of fused-ring (bicyclic) bond motifs is 2. The summed E-state index contributed by atoms with van der Waals surface area (Å²) in [5.74, 6) is -0.361. The Hall–Kier alpha value is -2.88. The average molecular weight is 567 g/mol. The minimum Gasteiger partial charge on any atom is -0.456 e. The van der Waals surface area contributed by atoms with Gasteiger partial charge in [-0.2, -0.15) is 0 Å². The number of hydrogen-bond donors (Lipinski definition) is 3. The van der Waals surface area contributed by atoms with Crippen LogP contribution in [0, 0.1) is 0 Å². The van der Waals surface area contributed by atoms with Crippen molar-refractivity contribution in [3.63, 3.8) is 0 Å². The second-order valence-electron chi connectivity index (χ2n) is 11.4. The van der Waals surface area contributed by atoms with E-state index in [2.05, 4.69) is 45.1 Å². The number of amides is 2. The van der Waals surface area contributed by atoms with Crippen LogP contribution in [0.3, 0.4) is 0 Å². The number of carbonyl (C=O) groups excluding carboxylic acids is 2. The maximum absolute atomic E-state index is 13.3. The molecule has 2 aromatic heterocycles. The summed E-state index contributed by atoms with van der Waals surface area (Å²) in [5.41, 5.74) is 5.79. The number of anilines is 2. The van der Waals surface area contributed by atoms with Crippen LogP contribution in [0.1, 0.15) is 70.4 Å². The van der Waals surface area contributed by atoms with E-state index in [1.165, 1.54) is 37.1 Å².